The summed E-state index contributed by atoms with van der Waals surface area (Å²) in [6.07, 6.45) is -0.953. The van der Waals surface area contributed by atoms with Crippen molar-refractivity contribution >= 4 is 21.8 Å². The van der Waals surface area contributed by atoms with Crippen LogP contribution in [0, 0.1) is 6.92 Å². The summed E-state index contributed by atoms with van der Waals surface area (Å²) in [5.41, 5.74) is 1.00. The predicted octanol–water partition coefficient (Wildman–Crippen LogP) is 1.32. The van der Waals surface area contributed by atoms with Gasteiger partial charge in [-0.25, -0.2) is 13.2 Å². The quantitative estimate of drug-likeness (QED) is 0.801. The van der Waals surface area contributed by atoms with Crippen LogP contribution in [0.25, 0.3) is 0 Å². The maximum atomic E-state index is 12.7. The van der Waals surface area contributed by atoms with Gasteiger partial charge >= 0.3 is 6.09 Å². The Kier molecular flexibility index (Phi) is 5.43. The van der Waals surface area contributed by atoms with Crippen LogP contribution in [-0.2, 0) is 21.8 Å². The molecule has 0 atom stereocenters. The van der Waals surface area contributed by atoms with Gasteiger partial charge in [0.05, 0.1) is 25.1 Å². The Bertz CT molecular complexity index is 1040. The number of nitrogens with one attached hydrogen (secondary N) is 1. The highest BCUT2D eigenvalue weighted by molar-refractivity contribution is 7.89. The number of carbonyl (C=O) groups is 1. The smallest absolute Gasteiger partial charge is 0.411 e. The van der Waals surface area contributed by atoms with Crippen LogP contribution in [0.1, 0.15) is 5.69 Å². The van der Waals surface area contributed by atoms with E-state index in [-0.39, 0.29) is 29.6 Å². The molecule has 2 aromatic rings. The molecule has 9 nitrogen and oxygen atoms in total. The number of amides is 1. The molecule has 1 aromatic heterocycles. The first-order chi connectivity index (χ1) is 13.2. The number of anilines is 1. The Morgan fingerprint density at radius 2 is 1.82 bits per heavy atom. The van der Waals surface area contributed by atoms with Crippen LogP contribution in [-0.4, -0.2) is 49.7 Å². The molecule has 1 aromatic carbocycles. The number of ether oxygens (including phenoxy) is 2. The number of benzene rings is 1. The lowest BCUT2D eigenvalue weighted by Gasteiger charge is -2.37. The van der Waals surface area contributed by atoms with E-state index in [1.165, 1.54) is 46.3 Å². The third-order valence-electron chi connectivity index (χ3n) is 4.52. The molecule has 0 saturated carbocycles. The Morgan fingerprint density at radius 3 is 2.39 bits per heavy atom. The third-order valence-corrected chi connectivity index (χ3v) is 6.36. The first-order valence-electron chi connectivity index (χ1n) is 8.50. The predicted molar refractivity (Wildman–Crippen MR) is 102 cm³/mol. The van der Waals surface area contributed by atoms with Crippen molar-refractivity contribution in [3.63, 3.8) is 0 Å². The van der Waals surface area contributed by atoms with Crippen molar-refractivity contribution in [3.05, 3.63) is 52.4 Å². The van der Waals surface area contributed by atoms with E-state index in [1.54, 1.807) is 20.0 Å². The number of aromatic nitrogens is 1. The number of nitrogens with zero attached hydrogens (tertiary/aromatic N) is 2. The summed E-state index contributed by atoms with van der Waals surface area (Å²) in [6.45, 7) is 2.18. The van der Waals surface area contributed by atoms with Gasteiger partial charge in [0.15, 0.2) is 0 Å². The van der Waals surface area contributed by atoms with E-state index in [0.29, 0.717) is 11.4 Å². The molecule has 1 fully saturated rings. The number of pyridine rings is 1. The van der Waals surface area contributed by atoms with Gasteiger partial charge in [0.25, 0.3) is 5.56 Å². The van der Waals surface area contributed by atoms with Gasteiger partial charge in [-0.05, 0) is 37.3 Å². The number of aryl methyl sites for hydroxylation is 1. The molecular formula is C18H21N3O6S. The van der Waals surface area contributed by atoms with E-state index < -0.39 is 16.1 Å². The van der Waals surface area contributed by atoms with Crippen LogP contribution in [0.5, 0.6) is 5.75 Å². The van der Waals surface area contributed by atoms with Crippen LogP contribution >= 0.6 is 0 Å². The molecule has 1 aliphatic heterocycles. The lowest BCUT2D eigenvalue weighted by atomic mass is 10.2. The van der Waals surface area contributed by atoms with Gasteiger partial charge in [0, 0.05) is 24.5 Å². The second-order valence-electron chi connectivity index (χ2n) is 6.43. The molecule has 150 valence electrons. The zero-order valence-electron chi connectivity index (χ0n) is 15.7. The highest BCUT2D eigenvalue weighted by Gasteiger charge is 2.38. The maximum absolute atomic E-state index is 12.7. The van der Waals surface area contributed by atoms with E-state index in [1.807, 2.05) is 0 Å². The average Bonchev–Trinajstić information content (AvgIpc) is 2.62. The molecule has 1 N–H and O–H groups in total. The van der Waals surface area contributed by atoms with Gasteiger partial charge in [-0.2, -0.15) is 4.31 Å². The van der Waals surface area contributed by atoms with Crippen LogP contribution in [0.4, 0.5) is 10.5 Å². The van der Waals surface area contributed by atoms with E-state index in [2.05, 4.69) is 10.1 Å². The van der Waals surface area contributed by atoms with Crippen molar-refractivity contribution in [1.29, 1.82) is 0 Å². The number of rotatable bonds is 5. The fourth-order valence-corrected chi connectivity index (χ4v) is 4.20. The van der Waals surface area contributed by atoms with E-state index in [4.69, 9.17) is 4.74 Å². The number of methoxy groups -OCH3 is 1. The van der Waals surface area contributed by atoms with Crippen molar-refractivity contribution < 1.29 is 22.7 Å². The monoisotopic (exact) mass is 407 g/mol. The van der Waals surface area contributed by atoms with Crippen molar-refractivity contribution in [2.45, 2.75) is 17.9 Å². The average molecular weight is 407 g/mol. The van der Waals surface area contributed by atoms with Crippen LogP contribution in [0.3, 0.4) is 0 Å². The number of hydrogen-bond acceptors (Lipinski definition) is 6. The van der Waals surface area contributed by atoms with Crippen molar-refractivity contribution in [3.8, 4) is 5.75 Å². The second-order valence-corrected chi connectivity index (χ2v) is 8.37. The zero-order chi connectivity index (χ0) is 20.5. The van der Waals surface area contributed by atoms with Gasteiger partial charge in [0.2, 0.25) is 10.0 Å². The minimum atomic E-state index is -3.66. The summed E-state index contributed by atoms with van der Waals surface area (Å²) in [6, 6.07) is 8.93. The molecule has 0 bridgehead atoms. The second kappa shape index (κ2) is 7.64. The van der Waals surface area contributed by atoms with Crippen molar-refractivity contribution in [1.82, 2.24) is 8.87 Å². The minimum absolute atomic E-state index is 0.116. The van der Waals surface area contributed by atoms with Crippen molar-refractivity contribution in [2.24, 2.45) is 7.05 Å². The fourth-order valence-electron chi connectivity index (χ4n) is 2.70. The summed E-state index contributed by atoms with van der Waals surface area (Å²) in [4.78, 5) is 23.1. The summed E-state index contributed by atoms with van der Waals surface area (Å²) < 4.78 is 38.3. The highest BCUT2D eigenvalue weighted by Crippen LogP contribution is 2.25. The van der Waals surface area contributed by atoms with Crippen LogP contribution in [0.15, 0.2) is 46.1 Å². The summed E-state index contributed by atoms with van der Waals surface area (Å²) in [7, 11) is -0.745. The minimum Gasteiger partial charge on any atom is -0.487 e. The number of sulfonamides is 1. The molecule has 0 spiro atoms. The lowest BCUT2D eigenvalue weighted by molar-refractivity contribution is 0.0759. The van der Waals surface area contributed by atoms with E-state index in [9.17, 15) is 18.0 Å². The van der Waals surface area contributed by atoms with Gasteiger partial charge in [0.1, 0.15) is 11.9 Å². The van der Waals surface area contributed by atoms with Gasteiger partial charge in [-0.3, -0.25) is 10.1 Å². The molecule has 10 heteroatoms. The molecule has 1 saturated heterocycles. The Morgan fingerprint density at radius 1 is 1.18 bits per heavy atom. The zero-order valence-corrected chi connectivity index (χ0v) is 16.5. The molecule has 0 aliphatic carbocycles. The lowest BCUT2D eigenvalue weighted by Crippen LogP contribution is -2.56. The first kappa shape index (κ1) is 19.9. The van der Waals surface area contributed by atoms with Crippen LogP contribution in [0.2, 0.25) is 0 Å². The summed E-state index contributed by atoms with van der Waals surface area (Å²) >= 11 is 0. The van der Waals surface area contributed by atoms with Gasteiger partial charge in [-0.1, -0.05) is 0 Å². The Balaban J connectivity index is 1.63. The Labute approximate surface area is 162 Å². The molecule has 2 heterocycles. The van der Waals surface area contributed by atoms with E-state index in [0.717, 1.165) is 5.69 Å². The molecular weight excluding hydrogens is 386 g/mol. The first-order valence-corrected chi connectivity index (χ1v) is 9.94. The number of hydrogen-bond donors (Lipinski definition) is 1. The number of carbonyl (C=O) groups excluding carboxylic acids is 1. The normalized spacial score (nSPS) is 15.0. The van der Waals surface area contributed by atoms with Crippen molar-refractivity contribution in [2.75, 3.05) is 25.5 Å². The molecule has 1 amide bonds. The standard InChI is InChI=1S/C18H21N3O6S/c1-12-8-14(9-17(22)20(12)2)27-15-10-21(11-15)28(24,25)16-6-4-13(5-7-16)19-18(23)26-3/h4-9,15H,10-11H2,1-3H3,(H,19,23). The topological polar surface area (TPSA) is 107 Å². The highest BCUT2D eigenvalue weighted by atomic mass is 32.2. The third kappa shape index (κ3) is 4.02. The van der Waals surface area contributed by atoms with Gasteiger partial charge < -0.3 is 14.0 Å². The largest absolute Gasteiger partial charge is 0.487 e. The molecule has 0 unspecified atom stereocenters. The molecule has 3 rings (SSSR count). The SMILES string of the molecule is COC(=O)Nc1ccc(S(=O)(=O)N2CC(Oc3cc(C)n(C)c(=O)c3)C2)cc1. The summed E-state index contributed by atoms with van der Waals surface area (Å²) in [5.74, 6) is 0.431. The fraction of sp³-hybridized carbons (Fsp3) is 0.333. The van der Waals surface area contributed by atoms with Gasteiger partial charge in [-0.15, -0.1) is 0 Å². The van der Waals surface area contributed by atoms with E-state index >= 15 is 0 Å². The Hall–Kier alpha value is -2.85. The molecule has 0 radical (unpaired) electrons. The maximum Gasteiger partial charge on any atom is 0.411 e. The molecule has 28 heavy (non-hydrogen) atoms. The van der Waals surface area contributed by atoms with Crippen LogP contribution < -0.4 is 15.6 Å². The molecule has 1 aliphatic rings. The summed E-state index contributed by atoms with van der Waals surface area (Å²) in [5, 5.41) is 2.46.